The first-order chi connectivity index (χ1) is 9.79. The van der Waals surface area contributed by atoms with E-state index >= 15 is 0 Å². The van der Waals surface area contributed by atoms with E-state index in [9.17, 15) is 4.79 Å². The number of hydrogen-bond donors (Lipinski definition) is 1. The highest BCUT2D eigenvalue weighted by Crippen LogP contribution is 2.17. The second-order valence-corrected chi connectivity index (χ2v) is 5.02. The number of rotatable bonds is 6. The van der Waals surface area contributed by atoms with Crippen LogP contribution in [0.3, 0.4) is 0 Å². The van der Waals surface area contributed by atoms with E-state index in [2.05, 4.69) is 20.3 Å². The first kappa shape index (κ1) is 14.5. The van der Waals surface area contributed by atoms with Crippen molar-refractivity contribution >= 4 is 17.7 Å². The number of amides is 1. The molecule has 2 aromatic heterocycles. The molecule has 0 aliphatic rings. The van der Waals surface area contributed by atoms with E-state index in [1.54, 1.807) is 12.4 Å². The summed E-state index contributed by atoms with van der Waals surface area (Å²) < 4.78 is 0. The molecule has 2 rings (SSSR count). The summed E-state index contributed by atoms with van der Waals surface area (Å²) in [6.45, 7) is 2.72. The topological polar surface area (TPSA) is 67.8 Å². The van der Waals surface area contributed by atoms with Gasteiger partial charge in [-0.15, -0.1) is 0 Å². The number of aromatic nitrogens is 3. The van der Waals surface area contributed by atoms with Crippen LogP contribution in [0.4, 0.5) is 0 Å². The molecule has 6 heteroatoms. The van der Waals surface area contributed by atoms with Crippen molar-refractivity contribution in [3.8, 4) is 11.4 Å². The summed E-state index contributed by atoms with van der Waals surface area (Å²) in [5.41, 5.74) is 1.56. The van der Waals surface area contributed by atoms with Gasteiger partial charge in [0.15, 0.2) is 5.16 Å². The number of hydrogen-bond acceptors (Lipinski definition) is 5. The minimum Gasteiger partial charge on any atom is -0.355 e. The van der Waals surface area contributed by atoms with E-state index in [0.29, 0.717) is 17.5 Å². The lowest BCUT2D eigenvalue weighted by Gasteiger charge is -2.04. The molecule has 0 saturated carbocycles. The Bertz CT molecular complexity index is 562. The Hall–Kier alpha value is -1.95. The van der Waals surface area contributed by atoms with Gasteiger partial charge in [-0.3, -0.25) is 9.78 Å². The molecule has 20 heavy (non-hydrogen) atoms. The van der Waals surface area contributed by atoms with Crippen LogP contribution >= 0.6 is 11.8 Å². The van der Waals surface area contributed by atoms with Crippen molar-refractivity contribution in [3.05, 3.63) is 36.7 Å². The highest BCUT2D eigenvalue weighted by molar-refractivity contribution is 7.99. The summed E-state index contributed by atoms with van der Waals surface area (Å²) in [5, 5.41) is 3.40. The highest BCUT2D eigenvalue weighted by Gasteiger charge is 2.06. The van der Waals surface area contributed by atoms with Crippen LogP contribution in [0, 0.1) is 0 Å². The molecular weight excluding hydrogens is 272 g/mol. The summed E-state index contributed by atoms with van der Waals surface area (Å²) in [6, 6.07) is 7.47. The summed E-state index contributed by atoms with van der Waals surface area (Å²) in [7, 11) is 0. The second kappa shape index (κ2) is 7.59. The van der Waals surface area contributed by atoms with E-state index in [4.69, 9.17) is 0 Å². The van der Waals surface area contributed by atoms with Crippen LogP contribution in [0.25, 0.3) is 11.4 Å². The predicted molar refractivity (Wildman–Crippen MR) is 79.3 cm³/mol. The van der Waals surface area contributed by atoms with Crippen LogP contribution in [0.5, 0.6) is 0 Å². The standard InChI is InChI=1S/C14H16N4OS/c1-2-7-16-13(19)10-20-14-17-9-6-12(18-14)11-5-3-4-8-15-11/h3-6,8-9H,2,7,10H2,1H3,(H,16,19). The SMILES string of the molecule is CCCNC(=O)CSc1nccc(-c2ccccn2)n1. The Labute approximate surface area is 122 Å². The number of nitrogens with zero attached hydrogens (tertiary/aromatic N) is 3. The lowest BCUT2D eigenvalue weighted by Crippen LogP contribution is -2.25. The van der Waals surface area contributed by atoms with Crippen LogP contribution in [-0.2, 0) is 4.79 Å². The van der Waals surface area contributed by atoms with E-state index in [1.165, 1.54) is 11.8 Å². The van der Waals surface area contributed by atoms with Crippen LogP contribution in [-0.4, -0.2) is 33.2 Å². The first-order valence-electron chi connectivity index (χ1n) is 6.43. The van der Waals surface area contributed by atoms with E-state index in [0.717, 1.165) is 17.8 Å². The third-order valence-corrected chi connectivity index (χ3v) is 3.33. The number of nitrogens with one attached hydrogen (secondary N) is 1. The lowest BCUT2D eigenvalue weighted by molar-refractivity contribution is -0.118. The fraction of sp³-hybridized carbons (Fsp3) is 0.286. The molecule has 2 heterocycles. The fourth-order valence-electron chi connectivity index (χ4n) is 1.51. The molecule has 0 aliphatic carbocycles. The molecule has 0 bridgehead atoms. The monoisotopic (exact) mass is 288 g/mol. The Morgan fingerprint density at radius 1 is 1.20 bits per heavy atom. The molecule has 0 unspecified atom stereocenters. The van der Waals surface area contributed by atoms with Crippen molar-refractivity contribution in [1.82, 2.24) is 20.3 Å². The van der Waals surface area contributed by atoms with E-state index in [1.807, 2.05) is 31.2 Å². The van der Waals surface area contributed by atoms with Crippen molar-refractivity contribution in [2.24, 2.45) is 0 Å². The summed E-state index contributed by atoms with van der Waals surface area (Å²) in [4.78, 5) is 24.3. The van der Waals surface area contributed by atoms with Gasteiger partial charge in [0, 0.05) is 18.9 Å². The van der Waals surface area contributed by atoms with Crippen molar-refractivity contribution in [2.75, 3.05) is 12.3 Å². The molecule has 0 fully saturated rings. The molecule has 0 aliphatic heterocycles. The summed E-state index contributed by atoms with van der Waals surface area (Å²) in [6.07, 6.45) is 4.34. The number of carbonyl (C=O) groups is 1. The first-order valence-corrected chi connectivity index (χ1v) is 7.42. The average Bonchev–Trinajstić information content (AvgIpc) is 2.52. The predicted octanol–water partition coefficient (Wildman–Crippen LogP) is 2.16. The Morgan fingerprint density at radius 3 is 2.85 bits per heavy atom. The zero-order chi connectivity index (χ0) is 14.2. The smallest absolute Gasteiger partial charge is 0.230 e. The van der Waals surface area contributed by atoms with Gasteiger partial charge in [-0.05, 0) is 24.6 Å². The zero-order valence-electron chi connectivity index (χ0n) is 11.2. The van der Waals surface area contributed by atoms with Crippen molar-refractivity contribution in [2.45, 2.75) is 18.5 Å². The normalized spacial score (nSPS) is 10.2. The van der Waals surface area contributed by atoms with Crippen molar-refractivity contribution in [1.29, 1.82) is 0 Å². The van der Waals surface area contributed by atoms with Crippen LogP contribution in [0.2, 0.25) is 0 Å². The molecule has 2 aromatic rings. The quantitative estimate of drug-likeness (QED) is 0.651. The van der Waals surface area contributed by atoms with Gasteiger partial charge in [-0.1, -0.05) is 24.8 Å². The molecule has 1 amide bonds. The lowest BCUT2D eigenvalue weighted by atomic mass is 10.3. The molecule has 0 atom stereocenters. The van der Waals surface area contributed by atoms with Crippen LogP contribution < -0.4 is 5.32 Å². The minimum atomic E-state index is 0.00342. The van der Waals surface area contributed by atoms with Gasteiger partial charge >= 0.3 is 0 Å². The third-order valence-electron chi connectivity index (χ3n) is 2.47. The molecule has 0 saturated heterocycles. The maximum atomic E-state index is 11.5. The maximum absolute atomic E-state index is 11.5. The van der Waals surface area contributed by atoms with Crippen molar-refractivity contribution in [3.63, 3.8) is 0 Å². The van der Waals surface area contributed by atoms with Gasteiger partial charge in [0.1, 0.15) is 0 Å². The van der Waals surface area contributed by atoms with Gasteiger partial charge in [0.05, 0.1) is 17.1 Å². The number of carbonyl (C=O) groups excluding carboxylic acids is 1. The largest absolute Gasteiger partial charge is 0.355 e. The van der Waals surface area contributed by atoms with Crippen LogP contribution in [0.15, 0.2) is 41.8 Å². The van der Waals surface area contributed by atoms with Gasteiger partial charge in [0.2, 0.25) is 5.91 Å². The molecule has 1 N–H and O–H groups in total. The number of thioether (sulfide) groups is 1. The molecule has 0 aromatic carbocycles. The summed E-state index contributed by atoms with van der Waals surface area (Å²) >= 11 is 1.33. The van der Waals surface area contributed by atoms with E-state index in [-0.39, 0.29) is 5.91 Å². The minimum absolute atomic E-state index is 0.00342. The second-order valence-electron chi connectivity index (χ2n) is 4.08. The Balaban J connectivity index is 1.98. The molecule has 5 nitrogen and oxygen atoms in total. The molecule has 0 radical (unpaired) electrons. The average molecular weight is 288 g/mol. The maximum Gasteiger partial charge on any atom is 0.230 e. The van der Waals surface area contributed by atoms with Gasteiger partial charge in [-0.25, -0.2) is 9.97 Å². The van der Waals surface area contributed by atoms with Crippen LogP contribution in [0.1, 0.15) is 13.3 Å². The van der Waals surface area contributed by atoms with Gasteiger partial charge in [-0.2, -0.15) is 0 Å². The third kappa shape index (κ3) is 4.31. The molecule has 104 valence electrons. The fourth-order valence-corrected chi connectivity index (χ4v) is 2.17. The Morgan fingerprint density at radius 2 is 2.10 bits per heavy atom. The Kier molecular flexibility index (Phi) is 5.49. The molecule has 0 spiro atoms. The summed E-state index contributed by atoms with van der Waals surface area (Å²) in [5.74, 6) is 0.328. The highest BCUT2D eigenvalue weighted by atomic mass is 32.2. The van der Waals surface area contributed by atoms with Gasteiger partial charge < -0.3 is 5.32 Å². The zero-order valence-corrected chi connectivity index (χ0v) is 12.1. The van der Waals surface area contributed by atoms with Gasteiger partial charge in [0.25, 0.3) is 0 Å². The van der Waals surface area contributed by atoms with E-state index < -0.39 is 0 Å². The van der Waals surface area contributed by atoms with Crippen molar-refractivity contribution < 1.29 is 4.79 Å². The number of pyridine rings is 1. The molecular formula is C14H16N4OS.